The van der Waals surface area contributed by atoms with Gasteiger partial charge in [-0.05, 0) is 30.2 Å². The molecule has 0 amide bonds. The maximum Gasteiger partial charge on any atom is 0.199 e. The first-order chi connectivity index (χ1) is 10.2. The fourth-order valence-corrected chi connectivity index (χ4v) is 3.53. The van der Waals surface area contributed by atoms with Crippen LogP contribution in [0.15, 0.2) is 12.4 Å². The second kappa shape index (κ2) is 7.67. The summed E-state index contributed by atoms with van der Waals surface area (Å²) in [5.41, 5.74) is 1.52. The van der Waals surface area contributed by atoms with Crippen molar-refractivity contribution in [1.82, 2.24) is 9.97 Å². The van der Waals surface area contributed by atoms with Gasteiger partial charge in [0.05, 0.1) is 0 Å². The average Bonchev–Trinajstić information content (AvgIpc) is 2.55. The summed E-state index contributed by atoms with van der Waals surface area (Å²) in [5.74, 6) is 0.408. The lowest BCUT2D eigenvalue weighted by Gasteiger charge is -2.37. The van der Waals surface area contributed by atoms with Crippen molar-refractivity contribution in [3.8, 4) is 0 Å². The van der Waals surface area contributed by atoms with E-state index in [-0.39, 0.29) is 11.2 Å². The summed E-state index contributed by atoms with van der Waals surface area (Å²) in [6.45, 7) is 4.11. The van der Waals surface area contributed by atoms with E-state index >= 15 is 0 Å². The van der Waals surface area contributed by atoms with Gasteiger partial charge in [-0.2, -0.15) is 0 Å². The Labute approximate surface area is 128 Å². The van der Waals surface area contributed by atoms with Crippen LogP contribution in [-0.4, -0.2) is 15.8 Å². The van der Waals surface area contributed by atoms with Gasteiger partial charge >= 0.3 is 0 Å². The Bertz CT molecular complexity index is 447. The molecular formula is C18H28N2O. The number of aromatic nitrogens is 2. The van der Waals surface area contributed by atoms with E-state index < -0.39 is 0 Å². The minimum Gasteiger partial charge on any atom is -0.291 e. The highest BCUT2D eigenvalue weighted by molar-refractivity contribution is 5.92. The summed E-state index contributed by atoms with van der Waals surface area (Å²) in [4.78, 5) is 20.3. The predicted molar refractivity (Wildman–Crippen MR) is 85.6 cm³/mol. The van der Waals surface area contributed by atoms with Crippen LogP contribution in [0.3, 0.4) is 0 Å². The molecule has 0 atom stereocenters. The Kier molecular flexibility index (Phi) is 5.89. The normalized spacial score (nSPS) is 17.6. The second-order valence-electron chi connectivity index (χ2n) is 6.37. The van der Waals surface area contributed by atoms with Crippen LogP contribution < -0.4 is 0 Å². The van der Waals surface area contributed by atoms with Gasteiger partial charge < -0.3 is 0 Å². The Morgan fingerprint density at radius 1 is 1.10 bits per heavy atom. The van der Waals surface area contributed by atoms with Gasteiger partial charge in [0.1, 0.15) is 0 Å². The molecule has 0 bridgehead atoms. The van der Waals surface area contributed by atoms with E-state index in [4.69, 9.17) is 0 Å². The Morgan fingerprint density at radius 3 is 2.33 bits per heavy atom. The van der Waals surface area contributed by atoms with Gasteiger partial charge in [0, 0.05) is 18.8 Å². The van der Waals surface area contributed by atoms with Gasteiger partial charge in [-0.15, -0.1) is 0 Å². The molecule has 1 aromatic heterocycles. The van der Waals surface area contributed by atoms with Gasteiger partial charge in [-0.1, -0.05) is 52.4 Å². The molecule has 1 aromatic rings. The third-order valence-corrected chi connectivity index (χ3v) is 4.90. The first-order valence-electron chi connectivity index (χ1n) is 8.57. The Hall–Kier alpha value is -1.25. The minimum absolute atomic E-state index is 0.0326. The molecule has 3 nitrogen and oxygen atoms in total. The van der Waals surface area contributed by atoms with E-state index in [1.165, 1.54) is 63.4 Å². The molecule has 1 fully saturated rings. The van der Waals surface area contributed by atoms with Crippen molar-refractivity contribution in [2.75, 3.05) is 0 Å². The van der Waals surface area contributed by atoms with Crippen LogP contribution in [0.5, 0.6) is 0 Å². The van der Waals surface area contributed by atoms with E-state index in [9.17, 15) is 4.79 Å². The highest BCUT2D eigenvalue weighted by Crippen LogP contribution is 2.42. The molecule has 1 aliphatic rings. The van der Waals surface area contributed by atoms with Crippen molar-refractivity contribution in [3.05, 3.63) is 23.8 Å². The zero-order valence-corrected chi connectivity index (χ0v) is 13.5. The molecule has 0 aromatic carbocycles. The Balaban J connectivity index is 2.17. The molecule has 1 heterocycles. The third-order valence-electron chi connectivity index (χ3n) is 4.90. The summed E-state index contributed by atoms with van der Waals surface area (Å²) >= 11 is 0. The van der Waals surface area contributed by atoms with Crippen LogP contribution in [0.2, 0.25) is 0 Å². The molecule has 2 rings (SSSR count). The fraction of sp³-hybridized carbons (Fsp3) is 0.722. The zero-order valence-electron chi connectivity index (χ0n) is 13.5. The van der Waals surface area contributed by atoms with Gasteiger partial charge in [-0.3, -0.25) is 4.79 Å². The van der Waals surface area contributed by atoms with Crippen molar-refractivity contribution >= 4 is 5.78 Å². The Morgan fingerprint density at radius 2 is 1.76 bits per heavy atom. The third kappa shape index (κ3) is 3.90. The van der Waals surface area contributed by atoms with Gasteiger partial charge in [0.2, 0.25) is 0 Å². The van der Waals surface area contributed by atoms with E-state index in [1.807, 2.05) is 19.3 Å². The topological polar surface area (TPSA) is 42.9 Å². The molecule has 0 radical (unpaired) electrons. The van der Waals surface area contributed by atoms with Crippen molar-refractivity contribution < 1.29 is 4.79 Å². The van der Waals surface area contributed by atoms with Crippen LogP contribution >= 0.6 is 0 Å². The summed E-state index contributed by atoms with van der Waals surface area (Å²) in [6.07, 6.45) is 15.9. The summed E-state index contributed by atoms with van der Waals surface area (Å²) in [5, 5.41) is 0. The summed E-state index contributed by atoms with van der Waals surface area (Å²) in [7, 11) is 0. The minimum atomic E-state index is 0.0326. The highest BCUT2D eigenvalue weighted by atomic mass is 16.1. The van der Waals surface area contributed by atoms with Crippen molar-refractivity contribution in [2.24, 2.45) is 0 Å². The lowest BCUT2D eigenvalue weighted by atomic mass is 9.67. The average molecular weight is 288 g/mol. The number of carbonyl (C=O) groups excluding carboxylic acids is 1. The maximum atomic E-state index is 11.7. The second-order valence-corrected chi connectivity index (χ2v) is 6.37. The SMILES string of the molecule is CCCCCC1(c2cnc(C(=O)CC)nc2)CCCCC1. The van der Waals surface area contributed by atoms with Gasteiger partial charge in [0.15, 0.2) is 11.6 Å². The summed E-state index contributed by atoms with van der Waals surface area (Å²) < 4.78 is 0. The monoisotopic (exact) mass is 288 g/mol. The van der Waals surface area contributed by atoms with Crippen molar-refractivity contribution in [2.45, 2.75) is 83.5 Å². The van der Waals surface area contributed by atoms with Crippen LogP contribution in [0, 0.1) is 0 Å². The molecule has 3 heteroatoms. The number of carbonyl (C=O) groups is 1. The molecule has 0 spiro atoms. The number of unbranched alkanes of at least 4 members (excludes halogenated alkanes) is 2. The standard InChI is InChI=1S/C18H28N2O/c1-3-5-7-10-18(11-8-6-9-12-18)15-13-19-17(20-14-15)16(21)4-2/h13-14H,3-12H2,1-2H3. The van der Waals surface area contributed by atoms with Gasteiger partial charge in [0.25, 0.3) is 0 Å². The molecule has 21 heavy (non-hydrogen) atoms. The molecule has 0 unspecified atom stereocenters. The number of nitrogens with zero attached hydrogens (tertiary/aromatic N) is 2. The van der Waals surface area contributed by atoms with Crippen LogP contribution in [0.4, 0.5) is 0 Å². The molecular weight excluding hydrogens is 260 g/mol. The molecule has 0 saturated heterocycles. The van der Waals surface area contributed by atoms with E-state index in [1.54, 1.807) is 0 Å². The quantitative estimate of drug-likeness (QED) is 0.532. The number of Topliss-reactive ketones (excluding diaryl/α,β-unsaturated/α-hetero) is 1. The van der Waals surface area contributed by atoms with Crippen molar-refractivity contribution in [3.63, 3.8) is 0 Å². The number of rotatable bonds is 7. The number of hydrogen-bond acceptors (Lipinski definition) is 3. The van der Waals surface area contributed by atoms with E-state index in [0.29, 0.717) is 12.2 Å². The first kappa shape index (κ1) is 16.1. The van der Waals surface area contributed by atoms with Crippen molar-refractivity contribution in [1.29, 1.82) is 0 Å². The maximum absolute atomic E-state index is 11.7. The highest BCUT2D eigenvalue weighted by Gasteiger charge is 2.33. The largest absolute Gasteiger partial charge is 0.291 e. The van der Waals surface area contributed by atoms with Crippen LogP contribution in [0.25, 0.3) is 0 Å². The molecule has 116 valence electrons. The molecule has 1 aliphatic carbocycles. The number of hydrogen-bond donors (Lipinski definition) is 0. The lowest BCUT2D eigenvalue weighted by molar-refractivity contribution is 0.0978. The van der Waals surface area contributed by atoms with E-state index in [2.05, 4.69) is 16.9 Å². The first-order valence-corrected chi connectivity index (χ1v) is 8.57. The fourth-order valence-electron chi connectivity index (χ4n) is 3.53. The number of ketones is 1. The molecule has 0 N–H and O–H groups in total. The molecule has 1 saturated carbocycles. The van der Waals surface area contributed by atoms with Gasteiger partial charge in [-0.25, -0.2) is 9.97 Å². The lowest BCUT2D eigenvalue weighted by Crippen LogP contribution is -2.29. The molecule has 0 aliphatic heterocycles. The zero-order chi connectivity index (χ0) is 15.1. The summed E-state index contributed by atoms with van der Waals surface area (Å²) in [6, 6.07) is 0. The van der Waals surface area contributed by atoms with Crippen LogP contribution in [0.1, 0.15) is 94.2 Å². The smallest absolute Gasteiger partial charge is 0.199 e. The van der Waals surface area contributed by atoms with Crippen LogP contribution in [-0.2, 0) is 5.41 Å². The predicted octanol–water partition coefficient (Wildman–Crippen LogP) is 4.85. The van der Waals surface area contributed by atoms with E-state index in [0.717, 1.165) is 0 Å².